The third kappa shape index (κ3) is 6.08. The topological polar surface area (TPSA) is 81.2 Å². The first-order chi connectivity index (χ1) is 22.8. The van der Waals surface area contributed by atoms with Crippen molar-refractivity contribution in [1.29, 1.82) is 0 Å². The van der Waals surface area contributed by atoms with Crippen LogP contribution in [0.4, 0.5) is 0 Å². The number of hydrogen-bond donors (Lipinski definition) is 1. The van der Waals surface area contributed by atoms with Crippen molar-refractivity contribution >= 4 is 29.5 Å². The smallest absolute Gasteiger partial charge is 0.247 e. The predicted molar refractivity (Wildman–Crippen MR) is 187 cm³/mol. The van der Waals surface area contributed by atoms with Gasteiger partial charge in [0.05, 0.1) is 29.2 Å². The molecular weight excluding hydrogens is 607 g/mol. The summed E-state index contributed by atoms with van der Waals surface area (Å²) in [5.41, 5.74) is 2.01. The van der Waals surface area contributed by atoms with Crippen molar-refractivity contribution in [2.75, 3.05) is 19.7 Å². The van der Waals surface area contributed by atoms with Gasteiger partial charge in [-0.05, 0) is 42.7 Å². The van der Waals surface area contributed by atoms with Crippen LogP contribution < -0.4 is 0 Å². The molecule has 1 aliphatic carbocycles. The van der Waals surface area contributed by atoms with E-state index in [2.05, 4.69) is 20.1 Å². The lowest BCUT2D eigenvalue weighted by molar-refractivity contribution is -0.148. The monoisotopic (exact) mass is 655 g/mol. The van der Waals surface area contributed by atoms with Gasteiger partial charge in [0.25, 0.3) is 0 Å². The number of carbonyl (C=O) groups excluding carboxylic acids is 3. The first-order valence-electron chi connectivity index (χ1n) is 17.3. The molecule has 3 amide bonds. The molecule has 1 N–H and O–H groups in total. The third-order valence-corrected chi connectivity index (χ3v) is 13.2. The lowest BCUT2D eigenvalue weighted by Crippen LogP contribution is -2.61. The molecule has 7 atom stereocenters. The standard InChI is InChI=1S/C39H49N3O4S/c1-4-21-40(25-29-17-11-7-12-18-29)36(44)33-32-23-27(3)39(47-32)34(33)37(45)42(31(26-43)24-28-15-9-6-10-16-28)35(39)38(46)41(22-5-2)30-19-13-8-14-20-30/h4-7,9-12,15-18,27,30-35,43H,1-2,8,13-14,19-26H2,3H3/t27?,31-,32-,33+,34+,35?,39?/m1/s1. The molecule has 0 radical (unpaired) electrons. The number of carbonyl (C=O) groups is 3. The van der Waals surface area contributed by atoms with Crippen molar-refractivity contribution in [2.45, 2.75) is 86.5 Å². The van der Waals surface area contributed by atoms with E-state index >= 15 is 9.59 Å². The number of amides is 3. The SMILES string of the molecule is C=CCN(Cc1ccccc1)C(=O)[C@@H]1[C@H]2C(=O)N([C@@H](CO)Cc3ccccc3)C(C(=O)N(CC=C)C3CCCCC3)C23S[C@@H]1CC3C. The van der Waals surface area contributed by atoms with Crippen molar-refractivity contribution in [3.63, 3.8) is 0 Å². The summed E-state index contributed by atoms with van der Waals surface area (Å²) in [6.45, 7) is 11.0. The summed E-state index contributed by atoms with van der Waals surface area (Å²) in [6, 6.07) is 18.5. The van der Waals surface area contributed by atoms with Gasteiger partial charge in [-0.2, -0.15) is 0 Å². The van der Waals surface area contributed by atoms with Gasteiger partial charge in [-0.15, -0.1) is 24.9 Å². The highest BCUT2D eigenvalue weighted by atomic mass is 32.2. The Bertz CT molecular complexity index is 1450. The average Bonchev–Trinajstić information content (AvgIpc) is 3.70. The molecule has 3 heterocycles. The fourth-order valence-electron chi connectivity index (χ4n) is 9.06. The van der Waals surface area contributed by atoms with Gasteiger partial charge in [0.15, 0.2) is 0 Å². The Morgan fingerprint density at radius 2 is 1.62 bits per heavy atom. The van der Waals surface area contributed by atoms with E-state index in [1.165, 1.54) is 6.42 Å². The van der Waals surface area contributed by atoms with E-state index in [0.717, 1.165) is 43.2 Å². The molecule has 2 aromatic rings. The number of aliphatic hydroxyl groups is 1. The van der Waals surface area contributed by atoms with Crippen molar-refractivity contribution in [2.24, 2.45) is 17.8 Å². The summed E-state index contributed by atoms with van der Waals surface area (Å²) in [5, 5.41) is 10.9. The zero-order valence-electron chi connectivity index (χ0n) is 27.6. The molecule has 4 aliphatic rings. The van der Waals surface area contributed by atoms with Gasteiger partial charge in [-0.1, -0.05) is 99.0 Å². The maximum atomic E-state index is 15.2. The van der Waals surface area contributed by atoms with Crippen molar-refractivity contribution < 1.29 is 19.5 Å². The third-order valence-electron chi connectivity index (χ3n) is 11.1. The van der Waals surface area contributed by atoms with Crippen molar-refractivity contribution in [3.8, 4) is 0 Å². The van der Waals surface area contributed by atoms with Crippen molar-refractivity contribution in [1.82, 2.24) is 14.7 Å². The summed E-state index contributed by atoms with van der Waals surface area (Å²) in [7, 11) is 0. The molecule has 4 fully saturated rings. The molecular formula is C39H49N3O4S. The Labute approximate surface area is 284 Å². The molecule has 2 aromatic carbocycles. The molecule has 1 spiro atoms. The number of fused-ring (bicyclic) bond motifs is 1. The molecule has 3 saturated heterocycles. The van der Waals surface area contributed by atoms with Crippen LogP contribution in [0, 0.1) is 17.8 Å². The van der Waals surface area contributed by atoms with Crippen LogP contribution in [0.2, 0.25) is 0 Å². The molecule has 3 unspecified atom stereocenters. The highest BCUT2D eigenvalue weighted by Crippen LogP contribution is 2.69. The fourth-order valence-corrected chi connectivity index (χ4v) is 11.5. The van der Waals surface area contributed by atoms with Crippen LogP contribution in [0.15, 0.2) is 86.0 Å². The van der Waals surface area contributed by atoms with Gasteiger partial charge in [0.1, 0.15) is 6.04 Å². The first-order valence-corrected chi connectivity index (χ1v) is 18.2. The van der Waals surface area contributed by atoms with E-state index in [9.17, 15) is 9.90 Å². The van der Waals surface area contributed by atoms with E-state index in [0.29, 0.717) is 26.1 Å². The number of nitrogens with zero attached hydrogens (tertiary/aromatic N) is 3. The van der Waals surface area contributed by atoms with Crippen LogP contribution in [0.25, 0.3) is 0 Å². The Kier molecular flexibility index (Phi) is 10.3. The molecule has 250 valence electrons. The zero-order chi connectivity index (χ0) is 33.1. The van der Waals surface area contributed by atoms with Gasteiger partial charge in [-0.3, -0.25) is 14.4 Å². The first kappa shape index (κ1) is 33.5. The van der Waals surface area contributed by atoms with E-state index in [-0.39, 0.29) is 41.5 Å². The highest BCUT2D eigenvalue weighted by molar-refractivity contribution is 8.02. The zero-order valence-corrected chi connectivity index (χ0v) is 28.4. The van der Waals surface area contributed by atoms with Crippen LogP contribution in [0.5, 0.6) is 0 Å². The number of thioether (sulfide) groups is 1. The predicted octanol–water partition coefficient (Wildman–Crippen LogP) is 5.49. The van der Waals surface area contributed by atoms with Crippen LogP contribution in [-0.4, -0.2) is 85.3 Å². The molecule has 1 saturated carbocycles. The maximum absolute atomic E-state index is 15.2. The number of hydrogen-bond acceptors (Lipinski definition) is 5. The number of likely N-dealkylation sites (tertiary alicyclic amines) is 1. The minimum Gasteiger partial charge on any atom is -0.394 e. The lowest BCUT2D eigenvalue weighted by Gasteiger charge is -2.44. The summed E-state index contributed by atoms with van der Waals surface area (Å²) in [4.78, 5) is 50.4. The van der Waals surface area contributed by atoms with Gasteiger partial charge in [-0.25, -0.2) is 0 Å². The van der Waals surface area contributed by atoms with Gasteiger partial charge < -0.3 is 19.8 Å². The number of rotatable bonds is 13. The van der Waals surface area contributed by atoms with Crippen LogP contribution in [-0.2, 0) is 27.3 Å². The molecule has 47 heavy (non-hydrogen) atoms. The maximum Gasteiger partial charge on any atom is 0.247 e. The van der Waals surface area contributed by atoms with E-state index < -0.39 is 28.7 Å². The van der Waals surface area contributed by atoms with Crippen molar-refractivity contribution in [3.05, 3.63) is 97.1 Å². The second-order valence-electron chi connectivity index (χ2n) is 13.9. The van der Waals surface area contributed by atoms with Crippen LogP contribution in [0.3, 0.4) is 0 Å². The summed E-state index contributed by atoms with van der Waals surface area (Å²) in [6.07, 6.45) is 9.92. The van der Waals surface area contributed by atoms with Gasteiger partial charge in [0.2, 0.25) is 17.7 Å². The summed E-state index contributed by atoms with van der Waals surface area (Å²) >= 11 is 1.71. The highest BCUT2D eigenvalue weighted by Gasteiger charge is 2.77. The number of aliphatic hydroxyl groups excluding tert-OH is 1. The minimum absolute atomic E-state index is 0.0458. The van der Waals surface area contributed by atoms with Crippen LogP contribution >= 0.6 is 11.8 Å². The van der Waals surface area contributed by atoms with Gasteiger partial charge >= 0.3 is 0 Å². The largest absolute Gasteiger partial charge is 0.394 e. The Balaban J connectivity index is 1.42. The molecule has 8 heteroatoms. The lowest BCUT2D eigenvalue weighted by atomic mass is 9.65. The second-order valence-corrected chi connectivity index (χ2v) is 15.4. The Hall–Kier alpha value is -3.36. The summed E-state index contributed by atoms with van der Waals surface area (Å²) in [5.74, 6) is -1.42. The van der Waals surface area contributed by atoms with E-state index in [1.807, 2.05) is 70.5 Å². The quantitative estimate of drug-likeness (QED) is 0.289. The van der Waals surface area contributed by atoms with Gasteiger partial charge in [0, 0.05) is 30.9 Å². The molecule has 3 aliphatic heterocycles. The second kappa shape index (κ2) is 14.4. The molecule has 0 aromatic heterocycles. The Morgan fingerprint density at radius 1 is 0.979 bits per heavy atom. The molecule has 2 bridgehead atoms. The van der Waals surface area contributed by atoms with E-state index in [1.54, 1.807) is 28.8 Å². The summed E-state index contributed by atoms with van der Waals surface area (Å²) < 4.78 is -0.760. The normalized spacial score (nSPS) is 28.9. The molecule has 6 rings (SSSR count). The Morgan fingerprint density at radius 3 is 2.23 bits per heavy atom. The van der Waals surface area contributed by atoms with Crippen LogP contribution in [0.1, 0.15) is 56.6 Å². The molecule has 7 nitrogen and oxygen atoms in total. The average molecular weight is 656 g/mol. The van der Waals surface area contributed by atoms with E-state index in [4.69, 9.17) is 0 Å². The number of benzene rings is 2. The fraction of sp³-hybridized carbons (Fsp3) is 0.513. The minimum atomic E-state index is -0.771.